The van der Waals surface area contributed by atoms with E-state index >= 15 is 0 Å². The molecule has 4 nitrogen and oxygen atoms in total. The van der Waals surface area contributed by atoms with Gasteiger partial charge in [0, 0.05) is 6.07 Å². The zero-order valence-electron chi connectivity index (χ0n) is 7.40. The van der Waals surface area contributed by atoms with Crippen molar-refractivity contribution in [1.29, 1.82) is 0 Å². The smallest absolute Gasteiger partial charge is 0.213 e. The van der Waals surface area contributed by atoms with Gasteiger partial charge in [-0.15, -0.1) is 0 Å². The Labute approximate surface area is 81.7 Å². The van der Waals surface area contributed by atoms with Crippen molar-refractivity contribution in [3.63, 3.8) is 0 Å². The monoisotopic (exact) mass is 198 g/mol. The lowest BCUT2D eigenvalue weighted by Crippen LogP contribution is -2.11. The van der Waals surface area contributed by atoms with E-state index in [9.17, 15) is 0 Å². The van der Waals surface area contributed by atoms with E-state index in [0.717, 1.165) is 0 Å². The summed E-state index contributed by atoms with van der Waals surface area (Å²) in [4.78, 5) is 4.21. The van der Waals surface area contributed by atoms with E-state index in [1.54, 1.807) is 6.07 Å². The van der Waals surface area contributed by atoms with Crippen LogP contribution in [-0.2, 0) is 0 Å². The minimum atomic E-state index is 0.262. The van der Waals surface area contributed by atoms with E-state index in [2.05, 4.69) is 4.98 Å². The van der Waals surface area contributed by atoms with Crippen LogP contribution in [0.25, 0.3) is 0 Å². The van der Waals surface area contributed by atoms with Gasteiger partial charge in [0.15, 0.2) is 0 Å². The van der Waals surface area contributed by atoms with Gasteiger partial charge in [0.25, 0.3) is 0 Å². The van der Waals surface area contributed by atoms with Crippen LogP contribution < -0.4 is 15.2 Å². The third-order valence-electron chi connectivity index (χ3n) is 1.54. The first-order valence-electron chi connectivity index (χ1n) is 3.57. The molecule has 0 saturated heterocycles. The van der Waals surface area contributed by atoms with Gasteiger partial charge in [-0.2, -0.15) is 0 Å². The van der Waals surface area contributed by atoms with Crippen LogP contribution in [0.5, 0.6) is 11.6 Å². The van der Waals surface area contributed by atoms with Gasteiger partial charge < -0.3 is 15.2 Å². The standard InChI is InChI=1S/C8H10N2O2S/c1-11-6-4-10-7(12-2)3-5(6)8(9)13/h3-4H,1-2H3,(H2,9,13). The Hall–Kier alpha value is -1.36. The van der Waals surface area contributed by atoms with Gasteiger partial charge in [0.05, 0.1) is 26.0 Å². The topological polar surface area (TPSA) is 57.4 Å². The van der Waals surface area contributed by atoms with E-state index < -0.39 is 0 Å². The Balaban J connectivity index is 3.18. The molecule has 1 rings (SSSR count). The van der Waals surface area contributed by atoms with Crippen molar-refractivity contribution in [1.82, 2.24) is 4.98 Å². The van der Waals surface area contributed by atoms with Gasteiger partial charge in [-0.25, -0.2) is 4.98 Å². The van der Waals surface area contributed by atoms with Crippen LogP contribution in [0, 0.1) is 0 Å². The molecule has 0 bridgehead atoms. The fraction of sp³-hybridized carbons (Fsp3) is 0.250. The van der Waals surface area contributed by atoms with Gasteiger partial charge in [-0.3, -0.25) is 0 Å². The first-order chi connectivity index (χ1) is 6.19. The number of aromatic nitrogens is 1. The Morgan fingerprint density at radius 1 is 1.46 bits per heavy atom. The van der Waals surface area contributed by atoms with E-state index in [4.69, 9.17) is 27.4 Å². The first kappa shape index (κ1) is 9.73. The summed E-state index contributed by atoms with van der Waals surface area (Å²) >= 11 is 4.84. The molecule has 0 aromatic carbocycles. The van der Waals surface area contributed by atoms with Gasteiger partial charge in [0.1, 0.15) is 10.7 Å². The van der Waals surface area contributed by atoms with Crippen LogP contribution in [-0.4, -0.2) is 24.2 Å². The molecule has 70 valence electrons. The van der Waals surface area contributed by atoms with Gasteiger partial charge in [-0.05, 0) is 0 Å². The number of nitrogens with zero attached hydrogens (tertiary/aromatic N) is 1. The molecule has 0 saturated carbocycles. The highest BCUT2D eigenvalue weighted by atomic mass is 32.1. The second-order valence-corrected chi connectivity index (χ2v) is 2.73. The Kier molecular flexibility index (Phi) is 3.02. The molecule has 0 fully saturated rings. The second kappa shape index (κ2) is 4.04. The largest absolute Gasteiger partial charge is 0.494 e. The Bertz CT molecular complexity index is 328. The number of nitrogens with two attached hydrogens (primary N) is 1. The predicted octanol–water partition coefficient (Wildman–Crippen LogP) is 0.733. The summed E-state index contributed by atoms with van der Waals surface area (Å²) < 4.78 is 9.94. The van der Waals surface area contributed by atoms with Gasteiger partial charge in [0.2, 0.25) is 5.88 Å². The molecular formula is C8H10N2O2S. The molecule has 0 unspecified atom stereocenters. The molecule has 0 aliphatic rings. The summed E-state index contributed by atoms with van der Waals surface area (Å²) in [5, 5.41) is 0. The van der Waals surface area contributed by atoms with Crippen LogP contribution in [0.2, 0.25) is 0 Å². The maximum absolute atomic E-state index is 5.48. The van der Waals surface area contributed by atoms with E-state index in [0.29, 0.717) is 17.2 Å². The quantitative estimate of drug-likeness (QED) is 0.726. The fourth-order valence-corrected chi connectivity index (χ4v) is 1.05. The second-order valence-electron chi connectivity index (χ2n) is 2.29. The summed E-state index contributed by atoms with van der Waals surface area (Å²) in [7, 11) is 3.06. The molecule has 1 aromatic heterocycles. The summed E-state index contributed by atoms with van der Waals surface area (Å²) in [6, 6.07) is 1.64. The third kappa shape index (κ3) is 2.06. The van der Waals surface area contributed by atoms with Gasteiger partial charge in [-0.1, -0.05) is 12.2 Å². The molecule has 0 radical (unpaired) electrons. The Morgan fingerprint density at radius 2 is 2.15 bits per heavy atom. The average molecular weight is 198 g/mol. The van der Waals surface area contributed by atoms with E-state index in [-0.39, 0.29) is 4.99 Å². The highest BCUT2D eigenvalue weighted by Gasteiger charge is 2.07. The predicted molar refractivity (Wildman–Crippen MR) is 53.2 cm³/mol. The van der Waals surface area contributed by atoms with Crippen molar-refractivity contribution in [3.05, 3.63) is 17.8 Å². The van der Waals surface area contributed by atoms with Gasteiger partial charge >= 0.3 is 0 Å². The minimum absolute atomic E-state index is 0.262. The lowest BCUT2D eigenvalue weighted by atomic mass is 10.2. The number of ether oxygens (including phenoxy) is 2. The van der Waals surface area contributed by atoms with Crippen LogP contribution in [0.1, 0.15) is 5.56 Å². The number of methoxy groups -OCH3 is 2. The summed E-state index contributed by atoms with van der Waals surface area (Å²) in [6.45, 7) is 0. The molecule has 0 spiro atoms. The number of hydrogen-bond donors (Lipinski definition) is 1. The number of pyridine rings is 1. The van der Waals surface area contributed by atoms with Crippen molar-refractivity contribution in [3.8, 4) is 11.6 Å². The maximum Gasteiger partial charge on any atom is 0.213 e. The van der Waals surface area contributed by atoms with Crippen LogP contribution in [0.3, 0.4) is 0 Å². The summed E-state index contributed by atoms with van der Waals surface area (Å²) in [5.74, 6) is 1.01. The summed E-state index contributed by atoms with van der Waals surface area (Å²) in [5.41, 5.74) is 6.11. The van der Waals surface area contributed by atoms with Crippen molar-refractivity contribution in [2.45, 2.75) is 0 Å². The van der Waals surface area contributed by atoms with Crippen molar-refractivity contribution in [2.24, 2.45) is 5.73 Å². The minimum Gasteiger partial charge on any atom is -0.494 e. The Morgan fingerprint density at radius 3 is 2.62 bits per heavy atom. The van der Waals surface area contributed by atoms with Crippen molar-refractivity contribution >= 4 is 17.2 Å². The highest BCUT2D eigenvalue weighted by Crippen LogP contribution is 2.20. The summed E-state index contributed by atoms with van der Waals surface area (Å²) in [6.07, 6.45) is 1.52. The zero-order chi connectivity index (χ0) is 9.84. The zero-order valence-corrected chi connectivity index (χ0v) is 8.22. The maximum atomic E-state index is 5.48. The molecular weight excluding hydrogens is 188 g/mol. The normalized spacial score (nSPS) is 9.38. The van der Waals surface area contributed by atoms with Crippen molar-refractivity contribution in [2.75, 3.05) is 14.2 Å². The highest BCUT2D eigenvalue weighted by molar-refractivity contribution is 7.80. The lowest BCUT2D eigenvalue weighted by Gasteiger charge is -2.07. The fourth-order valence-electron chi connectivity index (χ4n) is 0.891. The molecule has 1 heterocycles. The molecule has 0 aliphatic carbocycles. The van der Waals surface area contributed by atoms with E-state index in [1.165, 1.54) is 20.4 Å². The lowest BCUT2D eigenvalue weighted by molar-refractivity contribution is 0.387. The molecule has 2 N–H and O–H groups in total. The molecule has 0 amide bonds. The van der Waals surface area contributed by atoms with Crippen LogP contribution in [0.15, 0.2) is 12.3 Å². The molecule has 0 aliphatic heterocycles. The molecule has 5 heteroatoms. The number of hydrogen-bond acceptors (Lipinski definition) is 4. The van der Waals surface area contributed by atoms with E-state index in [1.807, 2.05) is 0 Å². The third-order valence-corrected chi connectivity index (χ3v) is 1.76. The molecule has 0 atom stereocenters. The molecule has 13 heavy (non-hydrogen) atoms. The first-order valence-corrected chi connectivity index (χ1v) is 3.97. The number of thiocarbonyl (C=S) groups is 1. The SMILES string of the molecule is COc1cc(C(N)=S)c(OC)cn1. The number of rotatable bonds is 3. The van der Waals surface area contributed by atoms with Crippen LogP contribution >= 0.6 is 12.2 Å². The van der Waals surface area contributed by atoms with Crippen molar-refractivity contribution < 1.29 is 9.47 Å². The molecule has 1 aromatic rings. The average Bonchev–Trinajstić information content (AvgIpc) is 2.16. The van der Waals surface area contributed by atoms with Crippen LogP contribution in [0.4, 0.5) is 0 Å².